The molecule has 0 saturated heterocycles. The number of hydrogen-bond acceptors (Lipinski definition) is 3. The Labute approximate surface area is 143 Å². The zero-order valence-corrected chi connectivity index (χ0v) is 15.2. The molecule has 0 saturated carbocycles. The molecule has 0 aliphatic rings. The summed E-state index contributed by atoms with van der Waals surface area (Å²) in [6.45, 7) is 9.40. The van der Waals surface area contributed by atoms with Gasteiger partial charge in [-0.1, -0.05) is 0 Å². The van der Waals surface area contributed by atoms with Crippen molar-refractivity contribution in [3.63, 3.8) is 0 Å². The highest BCUT2D eigenvalue weighted by Gasteiger charge is 2.17. The van der Waals surface area contributed by atoms with Gasteiger partial charge in [-0.3, -0.25) is 9.67 Å². The highest BCUT2D eigenvalue weighted by molar-refractivity contribution is 5.74. The summed E-state index contributed by atoms with van der Waals surface area (Å²) in [7, 11) is 1.82. The van der Waals surface area contributed by atoms with Gasteiger partial charge in [0.1, 0.15) is 0 Å². The number of nitrogens with zero attached hydrogens (tertiary/aromatic N) is 4. The minimum Gasteiger partial charge on any atom is -0.334 e. The number of urea groups is 1. The lowest BCUT2D eigenvalue weighted by Gasteiger charge is -2.25. The van der Waals surface area contributed by atoms with Gasteiger partial charge in [-0.15, -0.1) is 0 Å². The molecule has 6 heteroatoms. The van der Waals surface area contributed by atoms with Crippen LogP contribution in [0.2, 0.25) is 0 Å². The predicted molar refractivity (Wildman–Crippen MR) is 94.8 cm³/mol. The average molecular weight is 329 g/mol. The van der Waals surface area contributed by atoms with Gasteiger partial charge in [-0.05, 0) is 45.4 Å². The zero-order chi connectivity index (χ0) is 17.7. The van der Waals surface area contributed by atoms with Crippen molar-refractivity contribution >= 4 is 6.03 Å². The van der Waals surface area contributed by atoms with E-state index in [9.17, 15) is 4.79 Å². The molecular formula is C18H27N5O. The van der Waals surface area contributed by atoms with Crippen molar-refractivity contribution in [3.8, 4) is 0 Å². The Morgan fingerprint density at radius 1 is 1.42 bits per heavy atom. The number of aryl methyl sites for hydroxylation is 3. The number of rotatable bonds is 6. The van der Waals surface area contributed by atoms with E-state index in [0.29, 0.717) is 6.54 Å². The van der Waals surface area contributed by atoms with Gasteiger partial charge >= 0.3 is 6.03 Å². The molecule has 130 valence electrons. The van der Waals surface area contributed by atoms with Crippen molar-refractivity contribution in [1.82, 2.24) is 25.0 Å². The second-order valence-electron chi connectivity index (χ2n) is 6.24. The minimum atomic E-state index is -0.0844. The van der Waals surface area contributed by atoms with Crippen LogP contribution < -0.4 is 5.32 Å². The first-order valence-electron chi connectivity index (χ1n) is 8.35. The second-order valence-corrected chi connectivity index (χ2v) is 6.24. The maximum Gasteiger partial charge on any atom is 0.317 e. The summed E-state index contributed by atoms with van der Waals surface area (Å²) in [6.07, 6.45) is 4.53. The molecule has 0 radical (unpaired) electrons. The Bertz CT molecular complexity index is 694. The quantitative estimate of drug-likeness (QED) is 0.886. The van der Waals surface area contributed by atoms with Crippen molar-refractivity contribution in [3.05, 3.63) is 47.0 Å². The van der Waals surface area contributed by atoms with Crippen molar-refractivity contribution in [2.45, 2.75) is 53.2 Å². The lowest BCUT2D eigenvalue weighted by Crippen LogP contribution is -2.43. The molecule has 2 aromatic heterocycles. The number of aromatic nitrogens is 3. The van der Waals surface area contributed by atoms with Gasteiger partial charge in [0, 0.05) is 56.3 Å². The lowest BCUT2D eigenvalue weighted by atomic mass is 10.1. The third-order valence-electron chi connectivity index (χ3n) is 4.26. The average Bonchev–Trinajstić information content (AvgIpc) is 2.92. The normalized spacial score (nSPS) is 12.0. The van der Waals surface area contributed by atoms with Crippen LogP contribution in [-0.4, -0.2) is 38.8 Å². The Hall–Kier alpha value is -2.37. The summed E-state index contributed by atoms with van der Waals surface area (Å²) in [4.78, 5) is 18.5. The molecule has 0 aliphatic carbocycles. The van der Waals surface area contributed by atoms with Gasteiger partial charge in [0.25, 0.3) is 0 Å². The molecule has 2 rings (SSSR count). The van der Waals surface area contributed by atoms with Crippen LogP contribution >= 0.6 is 0 Å². The molecule has 1 N–H and O–H groups in total. The maximum atomic E-state index is 12.4. The Morgan fingerprint density at radius 3 is 2.79 bits per heavy atom. The van der Waals surface area contributed by atoms with E-state index in [2.05, 4.69) is 21.5 Å². The van der Waals surface area contributed by atoms with Crippen LogP contribution in [-0.2, 0) is 19.5 Å². The fourth-order valence-corrected chi connectivity index (χ4v) is 2.54. The van der Waals surface area contributed by atoms with Crippen LogP contribution in [0.3, 0.4) is 0 Å². The summed E-state index contributed by atoms with van der Waals surface area (Å²) in [5.74, 6) is 0. The maximum absolute atomic E-state index is 12.4. The lowest BCUT2D eigenvalue weighted by molar-refractivity contribution is 0.193. The van der Waals surface area contributed by atoms with Crippen molar-refractivity contribution < 1.29 is 4.79 Å². The second kappa shape index (κ2) is 7.95. The van der Waals surface area contributed by atoms with Crippen LogP contribution in [0, 0.1) is 13.8 Å². The van der Waals surface area contributed by atoms with Gasteiger partial charge < -0.3 is 10.2 Å². The van der Waals surface area contributed by atoms with Crippen molar-refractivity contribution in [1.29, 1.82) is 0 Å². The molecule has 0 bridgehead atoms. The van der Waals surface area contributed by atoms with Crippen LogP contribution in [0.4, 0.5) is 4.79 Å². The molecule has 6 nitrogen and oxygen atoms in total. The molecule has 0 fully saturated rings. The van der Waals surface area contributed by atoms with Gasteiger partial charge in [0.2, 0.25) is 0 Å². The molecule has 0 aromatic carbocycles. The fourth-order valence-electron chi connectivity index (χ4n) is 2.54. The number of pyridine rings is 1. The molecule has 0 aliphatic heterocycles. The van der Waals surface area contributed by atoms with Crippen molar-refractivity contribution in [2.24, 2.45) is 0 Å². The molecule has 0 spiro atoms. The third-order valence-corrected chi connectivity index (χ3v) is 4.26. The zero-order valence-electron chi connectivity index (χ0n) is 15.2. The van der Waals surface area contributed by atoms with Gasteiger partial charge in [-0.2, -0.15) is 5.10 Å². The van der Waals surface area contributed by atoms with E-state index in [1.807, 2.05) is 57.9 Å². The Morgan fingerprint density at radius 2 is 2.17 bits per heavy atom. The Kier molecular flexibility index (Phi) is 5.95. The van der Waals surface area contributed by atoms with E-state index in [-0.39, 0.29) is 12.1 Å². The van der Waals surface area contributed by atoms with E-state index in [4.69, 9.17) is 0 Å². The summed E-state index contributed by atoms with van der Waals surface area (Å²) < 4.78 is 1.88. The standard InChI is InChI=1S/C18H27N5O/c1-6-23-12-16(15(4)21-23)11-20-18(24)22(5)14(3)10-17-9-13(2)7-8-19-17/h7-9,12,14H,6,10-11H2,1-5H3,(H,20,24). The number of amides is 2. The first-order valence-corrected chi connectivity index (χ1v) is 8.35. The molecule has 2 amide bonds. The van der Waals surface area contributed by atoms with Gasteiger partial charge in [0.05, 0.1) is 5.69 Å². The van der Waals surface area contributed by atoms with Gasteiger partial charge in [-0.25, -0.2) is 4.79 Å². The fraction of sp³-hybridized carbons (Fsp3) is 0.500. The number of carbonyl (C=O) groups is 1. The molecule has 1 unspecified atom stereocenters. The molecule has 1 atom stereocenters. The van der Waals surface area contributed by atoms with Crippen molar-refractivity contribution in [2.75, 3.05) is 7.05 Å². The number of nitrogens with one attached hydrogen (secondary N) is 1. The molecule has 24 heavy (non-hydrogen) atoms. The molecule has 2 aromatic rings. The van der Waals surface area contributed by atoms with E-state index < -0.39 is 0 Å². The third kappa shape index (κ3) is 4.57. The van der Waals surface area contributed by atoms with Crippen LogP contribution in [0.5, 0.6) is 0 Å². The summed E-state index contributed by atoms with van der Waals surface area (Å²) in [5.41, 5.74) is 4.19. The summed E-state index contributed by atoms with van der Waals surface area (Å²) in [5, 5.41) is 7.36. The number of carbonyl (C=O) groups excluding carboxylic acids is 1. The highest BCUT2D eigenvalue weighted by atomic mass is 16.2. The largest absolute Gasteiger partial charge is 0.334 e. The first kappa shape index (κ1) is 18.0. The van der Waals surface area contributed by atoms with E-state index in [0.717, 1.165) is 29.9 Å². The number of hydrogen-bond donors (Lipinski definition) is 1. The predicted octanol–water partition coefficient (Wildman–Crippen LogP) is 2.69. The SMILES string of the molecule is CCn1cc(CNC(=O)N(C)C(C)Cc2cc(C)ccn2)c(C)n1. The summed E-state index contributed by atoms with van der Waals surface area (Å²) >= 11 is 0. The smallest absolute Gasteiger partial charge is 0.317 e. The van der Waals surface area contributed by atoms with Crippen LogP contribution in [0.15, 0.2) is 24.5 Å². The monoisotopic (exact) mass is 329 g/mol. The Balaban J connectivity index is 1.89. The van der Waals surface area contributed by atoms with E-state index in [1.165, 1.54) is 5.56 Å². The number of likely N-dealkylation sites (N-methyl/N-ethyl adjacent to an activating group) is 1. The summed E-state index contributed by atoms with van der Waals surface area (Å²) in [6, 6.07) is 4.02. The van der Waals surface area contributed by atoms with Crippen LogP contribution in [0.1, 0.15) is 36.4 Å². The van der Waals surface area contributed by atoms with E-state index >= 15 is 0 Å². The molecular weight excluding hydrogens is 302 g/mol. The van der Waals surface area contributed by atoms with Crippen LogP contribution in [0.25, 0.3) is 0 Å². The molecule has 2 heterocycles. The highest BCUT2D eigenvalue weighted by Crippen LogP contribution is 2.09. The first-order chi connectivity index (χ1) is 11.4. The topological polar surface area (TPSA) is 63.1 Å². The minimum absolute atomic E-state index is 0.0683. The van der Waals surface area contributed by atoms with E-state index in [1.54, 1.807) is 4.90 Å². The van der Waals surface area contributed by atoms with Gasteiger partial charge in [0.15, 0.2) is 0 Å².